The number of Topliss-reactive ketones (excluding diaryl/α,β-unsaturated/α-hetero) is 1. The van der Waals surface area contributed by atoms with Crippen LogP contribution in [-0.4, -0.2) is 27.0 Å². The number of anilines is 1. The first-order valence-corrected chi connectivity index (χ1v) is 13.2. The highest BCUT2D eigenvalue weighted by molar-refractivity contribution is 7.15. The van der Waals surface area contributed by atoms with Crippen molar-refractivity contribution in [3.63, 3.8) is 0 Å². The quantitative estimate of drug-likeness (QED) is 0.183. The van der Waals surface area contributed by atoms with Gasteiger partial charge in [0.05, 0.1) is 11.6 Å². The fourth-order valence-electron chi connectivity index (χ4n) is 4.50. The van der Waals surface area contributed by atoms with Crippen LogP contribution in [0, 0.1) is 13.8 Å². The summed E-state index contributed by atoms with van der Waals surface area (Å²) in [6, 6.07) is 21.8. The SMILES string of the molecule is CCc1ccc(C2C(=C(O)c3ccc(OCc4cccc(C)c4)cc3)C(=O)C(=O)N2c2nnc(C)s2)cc1. The monoisotopic (exact) mass is 525 g/mol. The summed E-state index contributed by atoms with van der Waals surface area (Å²) in [7, 11) is 0. The van der Waals surface area contributed by atoms with Gasteiger partial charge in [-0.25, -0.2) is 0 Å². The second-order valence-electron chi connectivity index (χ2n) is 9.17. The van der Waals surface area contributed by atoms with Crippen LogP contribution < -0.4 is 9.64 Å². The molecule has 1 N–H and O–H groups in total. The summed E-state index contributed by atoms with van der Waals surface area (Å²) >= 11 is 1.22. The molecule has 192 valence electrons. The maximum atomic E-state index is 13.3. The van der Waals surface area contributed by atoms with Gasteiger partial charge >= 0.3 is 5.91 Å². The predicted molar refractivity (Wildman–Crippen MR) is 147 cm³/mol. The van der Waals surface area contributed by atoms with E-state index in [2.05, 4.69) is 23.2 Å². The van der Waals surface area contributed by atoms with E-state index < -0.39 is 17.7 Å². The van der Waals surface area contributed by atoms with Gasteiger partial charge in [-0.3, -0.25) is 14.5 Å². The van der Waals surface area contributed by atoms with Crippen LogP contribution in [0.2, 0.25) is 0 Å². The first-order valence-electron chi connectivity index (χ1n) is 12.3. The lowest BCUT2D eigenvalue weighted by Crippen LogP contribution is -2.29. The number of hydrogen-bond donors (Lipinski definition) is 1. The third-order valence-electron chi connectivity index (χ3n) is 6.49. The van der Waals surface area contributed by atoms with Crippen LogP contribution >= 0.6 is 11.3 Å². The predicted octanol–water partition coefficient (Wildman–Crippen LogP) is 5.92. The molecule has 5 rings (SSSR count). The Bertz CT molecular complexity index is 1520. The second-order valence-corrected chi connectivity index (χ2v) is 10.3. The zero-order valence-electron chi connectivity index (χ0n) is 21.3. The molecule has 1 aromatic heterocycles. The van der Waals surface area contributed by atoms with Crippen molar-refractivity contribution in [1.29, 1.82) is 0 Å². The summed E-state index contributed by atoms with van der Waals surface area (Å²) in [5.41, 5.74) is 4.46. The molecule has 1 unspecified atom stereocenters. The lowest BCUT2D eigenvalue weighted by Gasteiger charge is -2.22. The van der Waals surface area contributed by atoms with E-state index in [1.807, 2.05) is 49.4 Å². The number of aryl methyl sites for hydroxylation is 3. The molecule has 1 fully saturated rings. The number of hydrogen-bond acceptors (Lipinski definition) is 7. The Balaban J connectivity index is 1.50. The molecule has 0 aliphatic carbocycles. The van der Waals surface area contributed by atoms with E-state index in [1.165, 1.54) is 16.2 Å². The number of amides is 1. The molecule has 8 heteroatoms. The van der Waals surface area contributed by atoms with Crippen LogP contribution in [0.5, 0.6) is 5.75 Å². The molecular formula is C30H27N3O4S. The Morgan fingerprint density at radius 3 is 2.34 bits per heavy atom. The Morgan fingerprint density at radius 2 is 1.71 bits per heavy atom. The molecule has 2 heterocycles. The average Bonchev–Trinajstić information content (AvgIpc) is 3.47. The highest BCUT2D eigenvalue weighted by Gasteiger charge is 2.48. The van der Waals surface area contributed by atoms with Crippen LogP contribution in [0.3, 0.4) is 0 Å². The third-order valence-corrected chi connectivity index (χ3v) is 7.32. The van der Waals surface area contributed by atoms with Crippen molar-refractivity contribution in [3.05, 3.63) is 111 Å². The topological polar surface area (TPSA) is 92.6 Å². The summed E-state index contributed by atoms with van der Waals surface area (Å²) in [6.07, 6.45) is 0.856. The first kappa shape index (κ1) is 25.4. The fraction of sp³-hybridized carbons (Fsp3) is 0.200. The summed E-state index contributed by atoms with van der Waals surface area (Å²) in [5, 5.41) is 20.5. The largest absolute Gasteiger partial charge is 0.507 e. The molecule has 7 nitrogen and oxygen atoms in total. The van der Waals surface area contributed by atoms with Gasteiger partial charge in [0.2, 0.25) is 5.13 Å². The van der Waals surface area contributed by atoms with Crippen LogP contribution in [0.25, 0.3) is 5.76 Å². The van der Waals surface area contributed by atoms with Gasteiger partial charge in [-0.2, -0.15) is 0 Å². The summed E-state index contributed by atoms with van der Waals surface area (Å²) in [5.74, 6) is -1.13. The van der Waals surface area contributed by atoms with E-state index in [0.29, 0.717) is 33.6 Å². The number of aromatic nitrogens is 2. The lowest BCUT2D eigenvalue weighted by atomic mass is 9.94. The van der Waals surface area contributed by atoms with Crippen molar-refractivity contribution in [2.24, 2.45) is 0 Å². The zero-order valence-corrected chi connectivity index (χ0v) is 22.2. The van der Waals surface area contributed by atoms with Gasteiger partial charge < -0.3 is 9.84 Å². The Hall–Kier alpha value is -4.30. The van der Waals surface area contributed by atoms with Crippen molar-refractivity contribution in [3.8, 4) is 5.75 Å². The number of carbonyl (C=O) groups excluding carboxylic acids is 2. The van der Waals surface area contributed by atoms with Crippen LogP contribution in [0.15, 0.2) is 78.4 Å². The van der Waals surface area contributed by atoms with Gasteiger partial charge in [0, 0.05) is 5.56 Å². The van der Waals surface area contributed by atoms with E-state index in [4.69, 9.17) is 4.74 Å². The minimum Gasteiger partial charge on any atom is -0.507 e. The van der Waals surface area contributed by atoms with E-state index in [1.54, 1.807) is 31.2 Å². The van der Waals surface area contributed by atoms with Crippen molar-refractivity contribution in [1.82, 2.24) is 10.2 Å². The first-order chi connectivity index (χ1) is 18.4. The second kappa shape index (κ2) is 10.6. The minimum absolute atomic E-state index is 0.0144. The molecule has 4 aromatic rings. The van der Waals surface area contributed by atoms with Gasteiger partial charge in [-0.05, 0) is 61.2 Å². The van der Waals surface area contributed by atoms with Gasteiger partial charge in [-0.1, -0.05) is 72.4 Å². The molecular weight excluding hydrogens is 498 g/mol. The average molecular weight is 526 g/mol. The van der Waals surface area contributed by atoms with Crippen molar-refractivity contribution in [2.75, 3.05) is 4.90 Å². The zero-order chi connectivity index (χ0) is 26.8. The van der Waals surface area contributed by atoms with Gasteiger partial charge in [0.15, 0.2) is 0 Å². The van der Waals surface area contributed by atoms with Crippen LogP contribution in [-0.2, 0) is 22.6 Å². The molecule has 0 radical (unpaired) electrons. The van der Waals surface area contributed by atoms with Crippen molar-refractivity contribution < 1.29 is 19.4 Å². The fourth-order valence-corrected chi connectivity index (χ4v) is 5.21. The normalized spacial score (nSPS) is 16.7. The number of ether oxygens (including phenoxy) is 1. The third kappa shape index (κ3) is 4.95. The number of aliphatic hydroxyl groups excluding tert-OH is 1. The summed E-state index contributed by atoms with van der Waals surface area (Å²) < 4.78 is 5.89. The van der Waals surface area contributed by atoms with E-state index >= 15 is 0 Å². The summed E-state index contributed by atoms with van der Waals surface area (Å²) in [6.45, 7) is 6.28. The molecule has 0 bridgehead atoms. The Kier molecular flexibility index (Phi) is 7.07. The maximum absolute atomic E-state index is 13.3. The van der Waals surface area contributed by atoms with Crippen LogP contribution in [0.1, 0.15) is 45.8 Å². The molecule has 38 heavy (non-hydrogen) atoms. The molecule has 1 atom stereocenters. The smallest absolute Gasteiger partial charge is 0.301 e. The molecule has 1 aliphatic rings. The number of nitrogens with zero attached hydrogens (tertiary/aromatic N) is 3. The number of aliphatic hydroxyl groups is 1. The van der Waals surface area contributed by atoms with Crippen molar-refractivity contribution in [2.45, 2.75) is 39.8 Å². The minimum atomic E-state index is -0.828. The number of carbonyl (C=O) groups is 2. The summed E-state index contributed by atoms with van der Waals surface area (Å²) in [4.78, 5) is 27.8. The van der Waals surface area contributed by atoms with Gasteiger partial charge in [0.25, 0.3) is 5.78 Å². The van der Waals surface area contributed by atoms with Gasteiger partial charge in [0.1, 0.15) is 23.1 Å². The Morgan fingerprint density at radius 1 is 0.974 bits per heavy atom. The maximum Gasteiger partial charge on any atom is 0.301 e. The van der Waals surface area contributed by atoms with E-state index in [0.717, 1.165) is 23.1 Å². The molecule has 1 saturated heterocycles. The highest BCUT2D eigenvalue weighted by Crippen LogP contribution is 2.43. The van der Waals surface area contributed by atoms with Gasteiger partial charge in [-0.15, -0.1) is 10.2 Å². The van der Waals surface area contributed by atoms with Crippen LogP contribution in [0.4, 0.5) is 5.13 Å². The number of ketones is 1. The highest BCUT2D eigenvalue weighted by atomic mass is 32.1. The standard InChI is InChI=1S/C30H27N3O4S/c1-4-20-8-10-22(11-9-20)26-25(28(35)29(36)33(26)30-32-31-19(3)38-30)27(34)23-12-14-24(15-13-23)37-17-21-7-5-6-18(2)16-21/h5-16,26,34H,4,17H2,1-3H3. The molecule has 0 spiro atoms. The number of benzene rings is 3. The van der Waals surface area contributed by atoms with E-state index in [-0.39, 0.29) is 11.3 Å². The molecule has 3 aromatic carbocycles. The molecule has 1 aliphatic heterocycles. The number of rotatable bonds is 7. The molecule has 0 saturated carbocycles. The Labute approximate surface area is 225 Å². The molecule has 1 amide bonds. The van der Waals surface area contributed by atoms with E-state index in [9.17, 15) is 14.7 Å². The van der Waals surface area contributed by atoms with Crippen molar-refractivity contribution >= 4 is 33.9 Å². The lowest BCUT2D eigenvalue weighted by molar-refractivity contribution is -0.132.